The Bertz CT molecular complexity index is 1070. The molecule has 0 atom stereocenters. The molecule has 0 aliphatic rings. The maximum absolute atomic E-state index is 3.82. The van der Waals surface area contributed by atoms with Gasteiger partial charge in [0.15, 0.2) is 0 Å². The first-order valence-corrected chi connectivity index (χ1v) is 41.5. The van der Waals surface area contributed by atoms with Gasteiger partial charge < -0.3 is 0 Å². The van der Waals surface area contributed by atoms with Crippen LogP contribution in [-0.2, 0) is 0 Å². The first kappa shape index (κ1) is 83.7. The van der Waals surface area contributed by atoms with Crippen molar-refractivity contribution in [2.24, 2.45) is 0 Å². The summed E-state index contributed by atoms with van der Waals surface area (Å²) in [7, 11) is 0. The molecule has 504 valence electrons. The molecule has 0 unspecified atom stereocenters. The van der Waals surface area contributed by atoms with E-state index >= 15 is 0 Å². The van der Waals surface area contributed by atoms with Crippen LogP contribution in [0.15, 0.2) is 12.7 Å². The molecule has 0 bridgehead atoms. The lowest BCUT2D eigenvalue weighted by atomic mass is 10.0. The molecule has 0 spiro atoms. The average Bonchev–Trinajstić information content (AvgIpc) is 3.50. The average molecular weight is 1180 g/mol. The van der Waals surface area contributed by atoms with Gasteiger partial charge in [0.05, 0.1) is 0 Å². The summed E-state index contributed by atoms with van der Waals surface area (Å²) in [4.78, 5) is 0. The zero-order chi connectivity index (χ0) is 60.0. The van der Waals surface area contributed by atoms with Crippen LogP contribution < -0.4 is 0 Å². The molecule has 0 aliphatic heterocycles. The summed E-state index contributed by atoms with van der Waals surface area (Å²) in [6, 6.07) is 0. The van der Waals surface area contributed by atoms with Crippen molar-refractivity contribution in [3.8, 4) is 0 Å². The van der Waals surface area contributed by atoms with E-state index in [0.717, 1.165) is 0 Å². The van der Waals surface area contributed by atoms with Crippen LogP contribution in [0.1, 0.15) is 527 Å². The van der Waals surface area contributed by atoms with Crippen LogP contribution in [0, 0.1) is 0 Å². The van der Waals surface area contributed by atoms with Crippen molar-refractivity contribution in [2.75, 3.05) is 0 Å². The normalized spacial score (nSPS) is 11.7. The molecule has 0 N–H and O–H groups in total. The fourth-order valence-corrected chi connectivity index (χ4v) is 14.2. The van der Waals surface area contributed by atoms with Crippen LogP contribution >= 0.6 is 0 Å². The van der Waals surface area contributed by atoms with E-state index in [2.05, 4.69) is 19.6 Å². The molecule has 0 heteroatoms. The van der Waals surface area contributed by atoms with Crippen molar-refractivity contribution >= 4 is 0 Å². The lowest BCUT2D eigenvalue weighted by molar-refractivity contribution is 0.505. The van der Waals surface area contributed by atoms with E-state index in [-0.39, 0.29) is 0 Å². The van der Waals surface area contributed by atoms with Gasteiger partial charge in [-0.2, -0.15) is 0 Å². The van der Waals surface area contributed by atoms with Gasteiger partial charge in [-0.3, -0.25) is 0 Å². The van der Waals surface area contributed by atoms with E-state index in [1.54, 1.807) is 0 Å². The van der Waals surface area contributed by atoms with Gasteiger partial charge in [0.1, 0.15) is 0 Å². The highest BCUT2D eigenvalue weighted by Gasteiger charge is 2.02. The van der Waals surface area contributed by atoms with Crippen molar-refractivity contribution in [3.63, 3.8) is 0 Å². The van der Waals surface area contributed by atoms with Crippen molar-refractivity contribution in [2.45, 2.75) is 527 Å². The fourth-order valence-electron chi connectivity index (χ4n) is 14.2. The third-order valence-electron chi connectivity index (χ3n) is 20.3. The Morgan fingerprint density at radius 2 is 0.190 bits per heavy atom. The number of rotatable bonds is 81. The monoisotopic (exact) mass is 1180 g/mol. The Hall–Kier alpha value is -0.260. The highest BCUT2D eigenvalue weighted by Crippen LogP contribution is 2.22. The van der Waals surface area contributed by atoms with Crippen molar-refractivity contribution in [3.05, 3.63) is 12.7 Å². The predicted molar refractivity (Wildman–Crippen MR) is 390 cm³/mol. The van der Waals surface area contributed by atoms with Crippen LogP contribution in [0.4, 0.5) is 0 Å². The van der Waals surface area contributed by atoms with E-state index in [4.69, 9.17) is 0 Å². The number of allylic oxidation sites excluding steroid dienone is 1. The zero-order valence-corrected chi connectivity index (χ0v) is 59.6. The van der Waals surface area contributed by atoms with Gasteiger partial charge in [-0.25, -0.2) is 0 Å². The summed E-state index contributed by atoms with van der Waals surface area (Å²) in [6.07, 6.45) is 122. The van der Waals surface area contributed by atoms with Gasteiger partial charge in [0.25, 0.3) is 0 Å². The van der Waals surface area contributed by atoms with E-state index < -0.39 is 0 Å². The van der Waals surface area contributed by atoms with Crippen molar-refractivity contribution < 1.29 is 0 Å². The lowest BCUT2D eigenvalue weighted by Gasteiger charge is -2.05. The summed E-state index contributed by atoms with van der Waals surface area (Å²) in [6.45, 7) is 6.14. The number of unbranched alkanes of at least 4 members (excludes halogenated alkanes) is 80. The number of hydrogen-bond acceptors (Lipinski definition) is 0. The molecular formula is C84H168. The molecule has 0 fully saturated rings. The van der Waals surface area contributed by atoms with Gasteiger partial charge in [-0.05, 0) is 12.8 Å². The van der Waals surface area contributed by atoms with Crippen LogP contribution in [0.5, 0.6) is 0 Å². The molecule has 0 saturated carbocycles. The van der Waals surface area contributed by atoms with Crippen LogP contribution in [-0.4, -0.2) is 0 Å². The molecule has 0 radical (unpaired) electrons. The largest absolute Gasteiger partial charge is 0.103 e. The third kappa shape index (κ3) is 81.7. The lowest BCUT2D eigenvalue weighted by Crippen LogP contribution is -1.85. The smallest absolute Gasteiger partial charge is 0.0353 e. The molecule has 0 rings (SSSR count). The third-order valence-corrected chi connectivity index (χ3v) is 20.3. The minimum atomic E-state index is 1.21. The van der Waals surface area contributed by atoms with E-state index in [1.165, 1.54) is 520 Å². The quantitative estimate of drug-likeness (QED) is 0.0421. The summed E-state index contributed by atoms with van der Waals surface area (Å²) in [5, 5.41) is 0. The molecule has 84 heavy (non-hydrogen) atoms. The minimum absolute atomic E-state index is 1.21. The van der Waals surface area contributed by atoms with E-state index in [9.17, 15) is 0 Å². The summed E-state index contributed by atoms with van der Waals surface area (Å²) >= 11 is 0. The summed E-state index contributed by atoms with van der Waals surface area (Å²) in [5.74, 6) is 0. The second-order valence-electron chi connectivity index (χ2n) is 29.0. The van der Waals surface area contributed by atoms with Crippen LogP contribution in [0.25, 0.3) is 0 Å². The van der Waals surface area contributed by atoms with Crippen molar-refractivity contribution in [1.82, 2.24) is 0 Å². The van der Waals surface area contributed by atoms with Gasteiger partial charge in [-0.1, -0.05) is 520 Å². The molecule has 0 amide bonds. The van der Waals surface area contributed by atoms with Gasteiger partial charge in [0, 0.05) is 0 Å². The van der Waals surface area contributed by atoms with Gasteiger partial charge >= 0.3 is 0 Å². The molecule has 0 aromatic carbocycles. The Balaban J connectivity index is 3.08. The molecule has 0 nitrogen and oxygen atoms in total. The maximum Gasteiger partial charge on any atom is -0.0353 e. The Morgan fingerprint density at radius 1 is 0.119 bits per heavy atom. The maximum atomic E-state index is 3.82. The molecule has 0 aromatic heterocycles. The van der Waals surface area contributed by atoms with E-state index in [1.807, 2.05) is 0 Å². The highest BCUT2D eigenvalue weighted by molar-refractivity contribution is 4.65. The molecule has 0 aromatic rings. The second kappa shape index (κ2) is 82.7. The van der Waals surface area contributed by atoms with Gasteiger partial charge in [-0.15, -0.1) is 6.58 Å². The first-order chi connectivity index (χ1) is 41.9. The number of hydrogen-bond donors (Lipinski definition) is 0. The SMILES string of the molecule is C=CCCCCCCCCCCCCCCCCCCCCCCCCCCCCCCCCCCCCCCCCCCCCCCCCCCCCCCCCCCCCCCCCCCCCCCCCCCCCCCCCCC. The van der Waals surface area contributed by atoms with Crippen LogP contribution in [0.2, 0.25) is 0 Å². The minimum Gasteiger partial charge on any atom is -0.103 e. The molecule has 0 heterocycles. The Kier molecular flexibility index (Phi) is 82.5. The summed E-state index contributed by atoms with van der Waals surface area (Å²) in [5.41, 5.74) is 0. The van der Waals surface area contributed by atoms with Crippen LogP contribution in [0.3, 0.4) is 0 Å². The summed E-state index contributed by atoms with van der Waals surface area (Å²) < 4.78 is 0. The zero-order valence-electron chi connectivity index (χ0n) is 59.6. The van der Waals surface area contributed by atoms with Gasteiger partial charge in [0.2, 0.25) is 0 Å². The predicted octanol–water partition coefficient (Wildman–Crippen LogP) is 32.8. The topological polar surface area (TPSA) is 0 Å². The fraction of sp³-hybridized carbons (Fsp3) is 0.976. The van der Waals surface area contributed by atoms with Crippen molar-refractivity contribution in [1.29, 1.82) is 0 Å². The second-order valence-corrected chi connectivity index (χ2v) is 29.0. The Morgan fingerprint density at radius 3 is 0.262 bits per heavy atom. The highest BCUT2D eigenvalue weighted by atomic mass is 14.1. The molecule has 0 aliphatic carbocycles. The standard InChI is InChI=1S/C84H168/c1-3-5-7-9-11-13-15-17-19-21-23-25-27-29-31-33-35-37-39-41-43-45-47-49-51-53-55-57-59-61-63-65-67-69-71-73-75-77-79-81-83-84-82-80-78-76-74-72-70-68-66-64-62-60-58-56-54-52-50-48-46-44-42-40-38-36-34-32-30-28-26-24-22-20-18-16-14-12-10-8-6-4-2/h3H,1,4-84H2,2H3. The van der Waals surface area contributed by atoms with E-state index in [0.29, 0.717) is 0 Å². The Labute approximate surface area is 536 Å². The molecule has 0 saturated heterocycles. The first-order valence-electron chi connectivity index (χ1n) is 41.5. The molecular weight excluding hydrogens is 1010 g/mol.